The van der Waals surface area contributed by atoms with E-state index in [1.165, 1.54) is 0 Å². The van der Waals surface area contributed by atoms with E-state index in [1.807, 2.05) is 43.3 Å². The van der Waals surface area contributed by atoms with Crippen LogP contribution in [0.3, 0.4) is 0 Å². The third kappa shape index (κ3) is 5.33. The summed E-state index contributed by atoms with van der Waals surface area (Å²) in [4.78, 5) is 14.7. The number of amides is 1. The molecule has 0 fully saturated rings. The molecule has 0 aliphatic carbocycles. The van der Waals surface area contributed by atoms with Gasteiger partial charge in [-0.05, 0) is 80.9 Å². The van der Waals surface area contributed by atoms with Crippen molar-refractivity contribution in [1.29, 1.82) is 0 Å². The fraction of sp³-hybridized carbons (Fsp3) is 0.261. The maximum absolute atomic E-state index is 12.5. The summed E-state index contributed by atoms with van der Waals surface area (Å²) in [6.07, 6.45) is 0. The molecule has 0 radical (unpaired) electrons. The number of benzene rings is 2. The number of carbonyl (C=O) groups excluding carboxylic acids is 1. The highest BCUT2D eigenvalue weighted by molar-refractivity contribution is 6.30. The maximum Gasteiger partial charge on any atom is 0.291 e. The number of anilines is 2. The molecule has 2 aromatic carbocycles. The predicted octanol–water partition coefficient (Wildman–Crippen LogP) is 5.92. The molecular weight excluding hydrogens is 388 g/mol. The fourth-order valence-corrected chi connectivity index (χ4v) is 3.26. The summed E-state index contributed by atoms with van der Waals surface area (Å²) < 4.78 is 11.4. The van der Waals surface area contributed by atoms with Gasteiger partial charge >= 0.3 is 0 Å². The summed E-state index contributed by atoms with van der Waals surface area (Å²) in [5.41, 5.74) is 2.79. The number of ether oxygens (including phenoxy) is 1. The Morgan fingerprint density at radius 2 is 1.79 bits per heavy atom. The van der Waals surface area contributed by atoms with E-state index in [9.17, 15) is 4.79 Å². The van der Waals surface area contributed by atoms with E-state index in [0.29, 0.717) is 10.8 Å². The molecule has 0 unspecified atom stereocenters. The third-order valence-electron chi connectivity index (χ3n) is 4.65. The van der Waals surface area contributed by atoms with E-state index in [4.69, 9.17) is 20.8 Å². The monoisotopic (exact) mass is 412 g/mol. The smallest absolute Gasteiger partial charge is 0.291 e. The second-order valence-corrected chi connectivity index (χ2v) is 7.07. The van der Waals surface area contributed by atoms with Gasteiger partial charge in [-0.25, -0.2) is 0 Å². The van der Waals surface area contributed by atoms with E-state index in [-0.39, 0.29) is 18.3 Å². The number of nitrogens with zero attached hydrogens (tertiary/aromatic N) is 1. The van der Waals surface area contributed by atoms with Crippen LogP contribution in [0.5, 0.6) is 5.75 Å². The van der Waals surface area contributed by atoms with Crippen molar-refractivity contribution in [1.82, 2.24) is 0 Å². The first-order chi connectivity index (χ1) is 14.0. The van der Waals surface area contributed by atoms with Gasteiger partial charge in [-0.2, -0.15) is 0 Å². The molecule has 152 valence electrons. The summed E-state index contributed by atoms with van der Waals surface area (Å²) >= 11 is 5.96. The Balaban J connectivity index is 1.59. The van der Waals surface area contributed by atoms with Crippen molar-refractivity contribution in [2.45, 2.75) is 27.4 Å². The molecule has 0 saturated heterocycles. The summed E-state index contributed by atoms with van der Waals surface area (Å²) in [6, 6.07) is 16.6. The van der Waals surface area contributed by atoms with Gasteiger partial charge < -0.3 is 19.4 Å². The second kappa shape index (κ2) is 9.52. The van der Waals surface area contributed by atoms with Crippen LogP contribution in [0.15, 0.2) is 59.0 Å². The molecule has 3 aromatic rings. The number of nitrogens with one attached hydrogen (secondary N) is 1. The first-order valence-corrected chi connectivity index (χ1v) is 10.0. The van der Waals surface area contributed by atoms with Crippen molar-refractivity contribution in [3.8, 4) is 5.75 Å². The molecule has 0 spiro atoms. The molecule has 0 bridgehead atoms. The van der Waals surface area contributed by atoms with Crippen LogP contribution < -0.4 is 15.0 Å². The summed E-state index contributed by atoms with van der Waals surface area (Å²) in [5, 5.41) is 3.52. The lowest BCUT2D eigenvalue weighted by Crippen LogP contribution is -2.21. The van der Waals surface area contributed by atoms with Gasteiger partial charge in [0.1, 0.15) is 18.1 Å². The molecule has 3 rings (SSSR count). The first-order valence-electron chi connectivity index (χ1n) is 9.64. The van der Waals surface area contributed by atoms with Gasteiger partial charge in [0.25, 0.3) is 5.91 Å². The molecule has 0 saturated carbocycles. The summed E-state index contributed by atoms with van der Waals surface area (Å²) in [5.74, 6) is 1.24. The highest BCUT2D eigenvalue weighted by Crippen LogP contribution is 2.23. The number of aryl methyl sites for hydroxylation is 1. The minimum absolute atomic E-state index is 0.230. The van der Waals surface area contributed by atoms with Crippen molar-refractivity contribution in [3.63, 3.8) is 0 Å². The molecule has 1 amide bonds. The highest BCUT2D eigenvalue weighted by atomic mass is 35.5. The second-order valence-electron chi connectivity index (χ2n) is 6.64. The van der Waals surface area contributed by atoms with Crippen LogP contribution in [-0.4, -0.2) is 19.0 Å². The van der Waals surface area contributed by atoms with Gasteiger partial charge in [0.05, 0.1) is 0 Å². The zero-order valence-electron chi connectivity index (χ0n) is 16.9. The van der Waals surface area contributed by atoms with Crippen molar-refractivity contribution >= 4 is 28.9 Å². The molecule has 1 aromatic heterocycles. The molecule has 6 heteroatoms. The van der Waals surface area contributed by atoms with E-state index in [0.717, 1.165) is 35.8 Å². The predicted molar refractivity (Wildman–Crippen MR) is 117 cm³/mol. The SMILES string of the molecule is CCN(CC)c1ccc(NC(=O)c2ccc(COc3ccc(Cl)cc3C)o2)cc1. The Morgan fingerprint density at radius 1 is 1.07 bits per heavy atom. The Kier molecular flexibility index (Phi) is 6.83. The number of rotatable bonds is 8. The highest BCUT2D eigenvalue weighted by Gasteiger charge is 2.13. The lowest BCUT2D eigenvalue weighted by atomic mass is 10.2. The minimum Gasteiger partial charge on any atom is -0.485 e. The van der Waals surface area contributed by atoms with Gasteiger partial charge in [0, 0.05) is 29.5 Å². The quantitative estimate of drug-likeness (QED) is 0.499. The van der Waals surface area contributed by atoms with Crippen molar-refractivity contribution < 1.29 is 13.9 Å². The number of carbonyl (C=O) groups is 1. The van der Waals surface area contributed by atoms with E-state index < -0.39 is 0 Å². The van der Waals surface area contributed by atoms with Gasteiger partial charge in [-0.3, -0.25) is 4.79 Å². The summed E-state index contributed by atoms with van der Waals surface area (Å²) in [7, 11) is 0. The average Bonchev–Trinajstić information content (AvgIpc) is 3.19. The zero-order chi connectivity index (χ0) is 20.8. The minimum atomic E-state index is -0.297. The number of hydrogen-bond acceptors (Lipinski definition) is 4. The Hall–Kier alpha value is -2.92. The van der Waals surface area contributed by atoms with Gasteiger partial charge in [-0.1, -0.05) is 11.6 Å². The number of hydrogen-bond donors (Lipinski definition) is 1. The Morgan fingerprint density at radius 3 is 2.45 bits per heavy atom. The van der Waals surface area contributed by atoms with E-state index >= 15 is 0 Å². The summed E-state index contributed by atoms with van der Waals surface area (Å²) in [6.45, 7) is 8.27. The topological polar surface area (TPSA) is 54.7 Å². The van der Waals surface area contributed by atoms with Crippen molar-refractivity contribution in [3.05, 3.63) is 76.7 Å². The Labute approximate surface area is 176 Å². The molecule has 5 nitrogen and oxygen atoms in total. The van der Waals surface area contributed by atoms with Crippen LogP contribution in [0.1, 0.15) is 35.7 Å². The molecule has 0 atom stereocenters. The van der Waals surface area contributed by atoms with E-state index in [2.05, 4.69) is 24.1 Å². The molecule has 29 heavy (non-hydrogen) atoms. The van der Waals surface area contributed by atoms with E-state index in [1.54, 1.807) is 18.2 Å². The Bertz CT molecular complexity index is 963. The molecule has 1 heterocycles. The van der Waals surface area contributed by atoms with Crippen LogP contribution in [0.2, 0.25) is 5.02 Å². The molecular formula is C23H25ClN2O3. The molecule has 0 aliphatic rings. The van der Waals surface area contributed by atoms with Crippen molar-refractivity contribution in [2.75, 3.05) is 23.3 Å². The van der Waals surface area contributed by atoms with Crippen LogP contribution in [0.4, 0.5) is 11.4 Å². The third-order valence-corrected chi connectivity index (χ3v) is 4.88. The van der Waals surface area contributed by atoms with Gasteiger partial charge in [0.15, 0.2) is 5.76 Å². The molecule has 0 aliphatic heterocycles. The molecule has 1 N–H and O–H groups in total. The maximum atomic E-state index is 12.5. The van der Waals surface area contributed by atoms with Crippen LogP contribution >= 0.6 is 11.6 Å². The van der Waals surface area contributed by atoms with Gasteiger partial charge in [-0.15, -0.1) is 0 Å². The van der Waals surface area contributed by atoms with Crippen LogP contribution in [-0.2, 0) is 6.61 Å². The average molecular weight is 413 g/mol. The van der Waals surface area contributed by atoms with Crippen molar-refractivity contribution in [2.24, 2.45) is 0 Å². The lowest BCUT2D eigenvalue weighted by molar-refractivity contribution is 0.0992. The fourth-order valence-electron chi connectivity index (χ4n) is 3.04. The van der Waals surface area contributed by atoms with Gasteiger partial charge in [0.2, 0.25) is 0 Å². The largest absolute Gasteiger partial charge is 0.485 e. The normalized spacial score (nSPS) is 10.6. The number of furan rings is 1. The number of halogens is 1. The zero-order valence-corrected chi connectivity index (χ0v) is 17.6. The standard InChI is InChI=1S/C23H25ClN2O3/c1-4-26(5-2)19-9-7-18(8-10-19)25-23(27)22-13-11-20(29-22)15-28-21-12-6-17(24)14-16(21)3/h6-14H,4-5,15H2,1-3H3,(H,25,27). The lowest BCUT2D eigenvalue weighted by Gasteiger charge is -2.21. The van der Waals surface area contributed by atoms with Crippen LogP contribution in [0, 0.1) is 6.92 Å². The first kappa shape index (κ1) is 20.8. The van der Waals surface area contributed by atoms with Crippen LogP contribution in [0.25, 0.3) is 0 Å².